The molecule has 0 amide bonds. The Morgan fingerprint density at radius 1 is 0.923 bits per heavy atom. The highest BCUT2D eigenvalue weighted by molar-refractivity contribution is 6.34. The van der Waals surface area contributed by atoms with Crippen molar-refractivity contribution in [3.8, 4) is 11.1 Å². The quantitative estimate of drug-likeness (QED) is 0.382. The van der Waals surface area contributed by atoms with E-state index >= 15 is 0 Å². The van der Waals surface area contributed by atoms with Crippen molar-refractivity contribution in [2.45, 2.75) is 26.4 Å². The molecule has 0 bridgehead atoms. The second-order valence-corrected chi connectivity index (χ2v) is 7.29. The Bertz CT molecular complexity index is 1090. The minimum Gasteiger partial charge on any atom is -0.455 e. The fourth-order valence-electron chi connectivity index (χ4n) is 3.68. The third-order valence-corrected chi connectivity index (χ3v) is 5.16. The van der Waals surface area contributed by atoms with Crippen molar-refractivity contribution in [2.24, 2.45) is 0 Å². The minimum absolute atomic E-state index is 0.455. The molecule has 1 aromatic heterocycles. The molecule has 26 heavy (non-hydrogen) atoms. The van der Waals surface area contributed by atoms with Crippen molar-refractivity contribution in [3.63, 3.8) is 0 Å². The van der Waals surface area contributed by atoms with E-state index in [0.29, 0.717) is 11.6 Å². The van der Waals surface area contributed by atoms with E-state index in [2.05, 4.69) is 44.2 Å². The number of furan rings is 1. The summed E-state index contributed by atoms with van der Waals surface area (Å²) in [6.07, 6.45) is 0. The molecule has 2 nitrogen and oxygen atoms in total. The number of hydrogen-bond acceptors (Lipinski definition) is 2. The van der Waals surface area contributed by atoms with Crippen molar-refractivity contribution < 1.29 is 9.15 Å². The molecule has 0 saturated carbocycles. The average Bonchev–Trinajstić information content (AvgIpc) is 3.00. The van der Waals surface area contributed by atoms with Crippen LogP contribution in [0.2, 0.25) is 5.02 Å². The second-order valence-electron chi connectivity index (χ2n) is 6.89. The van der Waals surface area contributed by atoms with E-state index in [0.717, 1.165) is 38.6 Å². The fourth-order valence-corrected chi connectivity index (χ4v) is 3.96. The average molecular weight is 365 g/mol. The molecule has 3 aromatic carbocycles. The Morgan fingerprint density at radius 2 is 1.65 bits per heavy atom. The molecule has 0 spiro atoms. The summed E-state index contributed by atoms with van der Waals surface area (Å²) >= 11 is 6.67. The first-order valence-corrected chi connectivity index (χ1v) is 9.24. The lowest BCUT2D eigenvalue weighted by atomic mass is 9.88. The fraction of sp³-hybridized carbons (Fsp3) is 0.217. The topological polar surface area (TPSA) is 22.4 Å². The molecule has 0 unspecified atom stereocenters. The van der Waals surface area contributed by atoms with Gasteiger partial charge in [0.25, 0.3) is 0 Å². The second kappa shape index (κ2) is 6.46. The molecule has 0 aliphatic carbocycles. The lowest BCUT2D eigenvalue weighted by molar-refractivity contribution is -0.0135. The van der Waals surface area contributed by atoms with E-state index in [9.17, 15) is 0 Å². The van der Waals surface area contributed by atoms with Gasteiger partial charge in [0.2, 0.25) is 0 Å². The van der Waals surface area contributed by atoms with Gasteiger partial charge in [0.1, 0.15) is 11.2 Å². The van der Waals surface area contributed by atoms with E-state index in [-0.39, 0.29) is 0 Å². The van der Waals surface area contributed by atoms with E-state index < -0.39 is 5.60 Å². The van der Waals surface area contributed by atoms with Crippen LogP contribution in [0, 0.1) is 0 Å². The summed E-state index contributed by atoms with van der Waals surface area (Å²) in [5, 5.41) is 2.91. The predicted molar refractivity (Wildman–Crippen MR) is 109 cm³/mol. The van der Waals surface area contributed by atoms with Gasteiger partial charge in [-0.25, -0.2) is 0 Å². The van der Waals surface area contributed by atoms with Gasteiger partial charge in [0, 0.05) is 33.5 Å². The molecular weight excluding hydrogens is 344 g/mol. The van der Waals surface area contributed by atoms with Crippen LogP contribution in [0.5, 0.6) is 0 Å². The van der Waals surface area contributed by atoms with E-state index in [4.69, 9.17) is 20.8 Å². The predicted octanol–water partition coefficient (Wildman–Crippen LogP) is 7.18. The zero-order valence-corrected chi connectivity index (χ0v) is 15.9. The molecule has 4 rings (SSSR count). The smallest absolute Gasteiger partial charge is 0.143 e. The first-order chi connectivity index (χ1) is 12.5. The number of halogens is 1. The van der Waals surface area contributed by atoms with E-state index in [1.807, 2.05) is 37.3 Å². The molecule has 0 aliphatic heterocycles. The summed E-state index contributed by atoms with van der Waals surface area (Å²) in [7, 11) is 0. The van der Waals surface area contributed by atoms with Gasteiger partial charge in [-0.2, -0.15) is 0 Å². The van der Waals surface area contributed by atoms with E-state index in [1.165, 1.54) is 0 Å². The monoisotopic (exact) mass is 364 g/mol. The first-order valence-electron chi connectivity index (χ1n) is 8.86. The lowest BCUT2D eigenvalue weighted by Crippen LogP contribution is -2.22. The highest BCUT2D eigenvalue weighted by atomic mass is 35.5. The molecule has 0 fully saturated rings. The number of hydrogen-bond donors (Lipinski definition) is 0. The van der Waals surface area contributed by atoms with Crippen molar-refractivity contribution in [3.05, 3.63) is 71.2 Å². The summed E-state index contributed by atoms with van der Waals surface area (Å²) in [5.74, 6) is 0. The summed E-state index contributed by atoms with van der Waals surface area (Å²) in [4.78, 5) is 0. The summed E-state index contributed by atoms with van der Waals surface area (Å²) < 4.78 is 12.2. The van der Waals surface area contributed by atoms with Crippen molar-refractivity contribution in [2.75, 3.05) is 6.61 Å². The van der Waals surface area contributed by atoms with Gasteiger partial charge in [-0.1, -0.05) is 60.1 Å². The number of rotatable bonds is 4. The molecule has 0 N–H and O–H groups in total. The Balaban J connectivity index is 2.05. The van der Waals surface area contributed by atoms with Crippen LogP contribution in [-0.2, 0) is 10.3 Å². The maximum atomic E-state index is 6.67. The first kappa shape index (κ1) is 17.1. The Kier molecular flexibility index (Phi) is 4.26. The SMILES string of the molecule is CCOC(C)(C)c1cccc(Cl)c1-c1cccc2c1oc1ccccc12. The summed E-state index contributed by atoms with van der Waals surface area (Å²) in [5.41, 5.74) is 4.30. The molecule has 3 heteroatoms. The minimum atomic E-state index is -0.455. The number of benzene rings is 3. The lowest BCUT2D eigenvalue weighted by Gasteiger charge is -2.28. The third-order valence-electron chi connectivity index (χ3n) is 4.84. The molecular formula is C23H21ClO2. The largest absolute Gasteiger partial charge is 0.455 e. The number of ether oxygens (including phenoxy) is 1. The van der Waals surface area contributed by atoms with Crippen molar-refractivity contribution in [1.29, 1.82) is 0 Å². The van der Waals surface area contributed by atoms with Crippen LogP contribution in [0.3, 0.4) is 0 Å². The Hall–Kier alpha value is -2.29. The molecule has 0 aliphatic rings. The van der Waals surface area contributed by atoms with Gasteiger partial charge in [-0.15, -0.1) is 0 Å². The van der Waals surface area contributed by atoms with Gasteiger partial charge >= 0.3 is 0 Å². The zero-order valence-electron chi connectivity index (χ0n) is 15.2. The summed E-state index contributed by atoms with van der Waals surface area (Å²) in [6, 6.07) is 20.3. The maximum absolute atomic E-state index is 6.67. The van der Waals surface area contributed by atoms with Gasteiger partial charge in [-0.05, 0) is 38.5 Å². The molecule has 1 heterocycles. The van der Waals surface area contributed by atoms with Gasteiger partial charge in [-0.3, -0.25) is 0 Å². The standard InChI is InChI=1S/C23H21ClO2/c1-4-25-23(2,3)18-12-8-13-19(24)21(18)17-11-7-10-16-15-9-5-6-14-20(15)26-22(16)17/h5-14H,4H2,1-3H3. The van der Waals surface area contributed by atoms with Crippen LogP contribution < -0.4 is 0 Å². The summed E-state index contributed by atoms with van der Waals surface area (Å²) in [6.45, 7) is 6.79. The molecule has 0 radical (unpaired) electrons. The van der Waals surface area contributed by atoms with Gasteiger partial charge < -0.3 is 9.15 Å². The highest BCUT2D eigenvalue weighted by Gasteiger charge is 2.27. The zero-order chi connectivity index (χ0) is 18.3. The maximum Gasteiger partial charge on any atom is 0.143 e. The number of para-hydroxylation sites is 2. The van der Waals surface area contributed by atoms with Gasteiger partial charge in [0.05, 0.1) is 5.60 Å². The molecule has 132 valence electrons. The van der Waals surface area contributed by atoms with E-state index in [1.54, 1.807) is 0 Å². The van der Waals surface area contributed by atoms with Gasteiger partial charge in [0.15, 0.2) is 0 Å². The Morgan fingerprint density at radius 3 is 2.46 bits per heavy atom. The van der Waals surface area contributed by atoms with Crippen LogP contribution in [0.1, 0.15) is 26.3 Å². The Labute approximate surface area is 158 Å². The molecule has 0 saturated heterocycles. The number of fused-ring (bicyclic) bond motifs is 3. The third kappa shape index (κ3) is 2.70. The molecule has 0 atom stereocenters. The van der Waals surface area contributed by atoms with Crippen molar-refractivity contribution in [1.82, 2.24) is 0 Å². The van der Waals surface area contributed by atoms with Crippen LogP contribution in [-0.4, -0.2) is 6.61 Å². The van der Waals surface area contributed by atoms with Crippen molar-refractivity contribution >= 4 is 33.5 Å². The highest BCUT2D eigenvalue weighted by Crippen LogP contribution is 2.43. The normalized spacial score (nSPS) is 12.2. The van der Waals surface area contributed by atoms with Crippen LogP contribution in [0.15, 0.2) is 65.1 Å². The molecule has 4 aromatic rings. The van der Waals surface area contributed by atoms with Crippen LogP contribution in [0.4, 0.5) is 0 Å². The van der Waals surface area contributed by atoms with Crippen LogP contribution in [0.25, 0.3) is 33.1 Å². The van der Waals surface area contributed by atoms with Crippen LogP contribution >= 0.6 is 11.6 Å².